The second-order valence-electron chi connectivity index (χ2n) is 6.48. The molecule has 2 aromatic heterocycles. The number of hydrogen-bond donors (Lipinski definition) is 1. The third-order valence-electron chi connectivity index (χ3n) is 4.27. The maximum absolute atomic E-state index is 13.5. The number of aromatic nitrogens is 4. The number of carbonyl (C=O) groups is 1. The molecule has 0 saturated heterocycles. The number of primary amides is 1. The summed E-state index contributed by atoms with van der Waals surface area (Å²) < 4.78 is 46.7. The molecule has 2 N–H and O–H groups in total. The number of nitrogens with two attached hydrogens (primary N) is 1. The zero-order valence-corrected chi connectivity index (χ0v) is 15.5. The minimum Gasteiger partial charge on any atom is -0.450 e. The molecule has 1 aromatic carbocycles. The minimum atomic E-state index is -4.62. The van der Waals surface area contributed by atoms with Gasteiger partial charge in [0, 0.05) is 18.3 Å². The van der Waals surface area contributed by atoms with Crippen molar-refractivity contribution in [3.8, 4) is 11.3 Å². The van der Waals surface area contributed by atoms with Gasteiger partial charge >= 0.3 is 12.3 Å². The van der Waals surface area contributed by atoms with Gasteiger partial charge in [-0.1, -0.05) is 18.6 Å². The van der Waals surface area contributed by atoms with Gasteiger partial charge in [0.05, 0.1) is 23.8 Å². The Morgan fingerprint density at radius 1 is 1.07 bits per heavy atom. The quantitative estimate of drug-likeness (QED) is 0.566. The highest BCUT2D eigenvalue weighted by molar-refractivity contribution is 5.78. The fourth-order valence-electron chi connectivity index (χ4n) is 2.91. The number of rotatable bonds is 8. The monoisotopic (exact) mass is 407 g/mol. The van der Waals surface area contributed by atoms with Crippen LogP contribution in [-0.2, 0) is 17.5 Å². The standard InChI is InChI=1S/C19H20F3N5O2/c20-19(21,22)17-16(25-14-7-3-4-8-15(14)26-17)13-11-24-27(12-13)9-5-1-2-6-10-29-18(23)28/h3-4,7-8,11-12H,1-2,5-6,9-10H2,(H2,23,28). The van der Waals surface area contributed by atoms with E-state index in [2.05, 4.69) is 19.8 Å². The number of ether oxygens (including phenoxy) is 1. The second kappa shape index (κ2) is 8.89. The SMILES string of the molecule is NC(=O)OCCCCCCn1cc(-c2nc3ccccc3nc2C(F)(F)F)cn1. The van der Waals surface area contributed by atoms with Crippen LogP contribution in [0.4, 0.5) is 18.0 Å². The van der Waals surface area contributed by atoms with Crippen LogP contribution in [0.1, 0.15) is 31.4 Å². The molecule has 3 rings (SSSR count). The Balaban J connectivity index is 1.68. The third-order valence-corrected chi connectivity index (χ3v) is 4.27. The van der Waals surface area contributed by atoms with Crippen LogP contribution in [-0.4, -0.2) is 32.4 Å². The van der Waals surface area contributed by atoms with E-state index in [1.54, 1.807) is 29.1 Å². The Morgan fingerprint density at radius 2 is 1.76 bits per heavy atom. The van der Waals surface area contributed by atoms with Gasteiger partial charge in [0.25, 0.3) is 0 Å². The van der Waals surface area contributed by atoms with Crippen LogP contribution in [0, 0.1) is 0 Å². The molecule has 0 bridgehead atoms. The molecule has 0 spiro atoms. The summed E-state index contributed by atoms with van der Waals surface area (Å²) in [6, 6.07) is 6.44. The maximum atomic E-state index is 13.5. The summed E-state index contributed by atoms with van der Waals surface area (Å²) in [5.41, 5.74) is 4.47. The highest BCUT2D eigenvalue weighted by atomic mass is 19.4. The molecule has 0 aliphatic heterocycles. The van der Waals surface area contributed by atoms with Crippen molar-refractivity contribution < 1.29 is 22.7 Å². The average molecular weight is 407 g/mol. The lowest BCUT2D eigenvalue weighted by Gasteiger charge is -2.11. The van der Waals surface area contributed by atoms with Crippen LogP contribution < -0.4 is 5.73 Å². The summed E-state index contributed by atoms with van der Waals surface area (Å²) in [5.74, 6) is 0. The molecule has 3 aromatic rings. The Bertz CT molecular complexity index is 987. The number of halogens is 3. The summed E-state index contributed by atoms with van der Waals surface area (Å²) in [4.78, 5) is 18.4. The van der Waals surface area contributed by atoms with E-state index in [0.29, 0.717) is 18.5 Å². The lowest BCUT2D eigenvalue weighted by Crippen LogP contribution is -2.13. The molecular formula is C19H20F3N5O2. The van der Waals surface area contributed by atoms with Gasteiger partial charge in [-0.3, -0.25) is 4.68 Å². The molecule has 0 aliphatic carbocycles. The molecule has 0 saturated carbocycles. The predicted octanol–water partition coefficient (Wildman–Crippen LogP) is 4.17. The first kappa shape index (κ1) is 20.6. The topological polar surface area (TPSA) is 95.9 Å². The van der Waals surface area contributed by atoms with Gasteiger partial charge in [-0.05, 0) is 31.4 Å². The largest absolute Gasteiger partial charge is 0.450 e. The van der Waals surface area contributed by atoms with Crippen molar-refractivity contribution >= 4 is 17.1 Å². The first-order valence-electron chi connectivity index (χ1n) is 9.13. The molecule has 0 fully saturated rings. The van der Waals surface area contributed by atoms with Gasteiger partial charge in [-0.2, -0.15) is 18.3 Å². The summed E-state index contributed by atoms with van der Waals surface area (Å²) in [7, 11) is 0. The minimum absolute atomic E-state index is 0.191. The first-order chi connectivity index (χ1) is 13.8. The van der Waals surface area contributed by atoms with Gasteiger partial charge in [-0.15, -0.1) is 0 Å². The Morgan fingerprint density at radius 3 is 2.45 bits per heavy atom. The fourth-order valence-corrected chi connectivity index (χ4v) is 2.91. The van der Waals surface area contributed by atoms with E-state index in [1.165, 1.54) is 12.3 Å². The zero-order chi connectivity index (χ0) is 20.9. The molecular weight excluding hydrogens is 387 g/mol. The van der Waals surface area contributed by atoms with Crippen LogP contribution in [0.5, 0.6) is 0 Å². The van der Waals surface area contributed by atoms with Gasteiger partial charge in [-0.25, -0.2) is 14.8 Å². The van der Waals surface area contributed by atoms with Crippen molar-refractivity contribution in [2.75, 3.05) is 6.61 Å². The smallest absolute Gasteiger partial charge is 0.435 e. The number of fused-ring (bicyclic) bond motifs is 1. The zero-order valence-electron chi connectivity index (χ0n) is 15.5. The van der Waals surface area contributed by atoms with Crippen molar-refractivity contribution in [2.45, 2.75) is 38.4 Å². The molecule has 7 nitrogen and oxygen atoms in total. The highest BCUT2D eigenvalue weighted by Crippen LogP contribution is 2.35. The predicted molar refractivity (Wildman–Crippen MR) is 99.8 cm³/mol. The molecule has 1 amide bonds. The number of hydrogen-bond acceptors (Lipinski definition) is 5. The summed E-state index contributed by atoms with van der Waals surface area (Å²) in [6.07, 6.45) is 0.697. The second-order valence-corrected chi connectivity index (χ2v) is 6.48. The first-order valence-corrected chi connectivity index (χ1v) is 9.13. The van der Waals surface area contributed by atoms with E-state index < -0.39 is 18.0 Å². The molecule has 29 heavy (non-hydrogen) atoms. The molecule has 2 heterocycles. The van der Waals surface area contributed by atoms with Crippen molar-refractivity contribution in [3.05, 3.63) is 42.4 Å². The Kier molecular flexibility index (Phi) is 6.30. The van der Waals surface area contributed by atoms with Crippen LogP contribution in [0.15, 0.2) is 36.7 Å². The number of carbonyl (C=O) groups excluding carboxylic acids is 1. The van der Waals surface area contributed by atoms with E-state index in [1.807, 2.05) is 0 Å². The van der Waals surface area contributed by atoms with Gasteiger partial charge in [0.1, 0.15) is 5.69 Å². The maximum Gasteiger partial charge on any atom is 0.435 e. The van der Waals surface area contributed by atoms with E-state index >= 15 is 0 Å². The number of aryl methyl sites for hydroxylation is 1. The van der Waals surface area contributed by atoms with E-state index in [-0.39, 0.29) is 23.4 Å². The Hall–Kier alpha value is -3.17. The number of benzene rings is 1. The number of nitrogens with zero attached hydrogens (tertiary/aromatic N) is 4. The van der Waals surface area contributed by atoms with Crippen LogP contribution in [0.2, 0.25) is 0 Å². The fraction of sp³-hybridized carbons (Fsp3) is 0.368. The number of unbranched alkanes of at least 4 members (excludes halogenated alkanes) is 3. The normalized spacial score (nSPS) is 11.7. The van der Waals surface area contributed by atoms with Crippen molar-refractivity contribution in [1.82, 2.24) is 19.7 Å². The van der Waals surface area contributed by atoms with E-state index in [9.17, 15) is 18.0 Å². The molecule has 0 atom stereocenters. The molecule has 0 unspecified atom stereocenters. The summed E-state index contributed by atoms with van der Waals surface area (Å²) in [5, 5.41) is 4.15. The van der Waals surface area contributed by atoms with E-state index in [0.717, 1.165) is 19.3 Å². The molecule has 0 aliphatic rings. The van der Waals surface area contributed by atoms with Gasteiger partial charge < -0.3 is 10.5 Å². The summed E-state index contributed by atoms with van der Waals surface area (Å²) >= 11 is 0. The number of para-hydroxylation sites is 2. The van der Waals surface area contributed by atoms with Crippen LogP contribution >= 0.6 is 0 Å². The van der Waals surface area contributed by atoms with Crippen molar-refractivity contribution in [3.63, 3.8) is 0 Å². The van der Waals surface area contributed by atoms with E-state index in [4.69, 9.17) is 5.73 Å². The van der Waals surface area contributed by atoms with Crippen molar-refractivity contribution in [1.29, 1.82) is 0 Å². The average Bonchev–Trinajstić information content (AvgIpc) is 3.14. The number of alkyl halides is 3. The lowest BCUT2D eigenvalue weighted by atomic mass is 10.1. The van der Waals surface area contributed by atoms with Crippen LogP contribution in [0.25, 0.3) is 22.3 Å². The van der Waals surface area contributed by atoms with Gasteiger partial charge in [0.2, 0.25) is 0 Å². The van der Waals surface area contributed by atoms with Gasteiger partial charge in [0.15, 0.2) is 5.69 Å². The number of amides is 1. The summed E-state index contributed by atoms with van der Waals surface area (Å²) in [6.45, 7) is 0.834. The molecule has 10 heteroatoms. The Labute approximate surface area is 164 Å². The molecule has 0 radical (unpaired) electrons. The highest BCUT2D eigenvalue weighted by Gasteiger charge is 2.37. The van der Waals surface area contributed by atoms with Crippen molar-refractivity contribution in [2.24, 2.45) is 5.73 Å². The third kappa shape index (κ3) is 5.43. The van der Waals surface area contributed by atoms with Crippen LogP contribution in [0.3, 0.4) is 0 Å². The molecule has 154 valence electrons. The lowest BCUT2D eigenvalue weighted by molar-refractivity contribution is -0.140.